The number of rotatable bonds is 7. The van der Waals surface area contributed by atoms with Crippen LogP contribution in [0.1, 0.15) is 98.8 Å². The van der Waals surface area contributed by atoms with Crippen LogP contribution in [0.4, 0.5) is 0 Å². The van der Waals surface area contributed by atoms with Crippen LogP contribution in [-0.2, 0) is 31.2 Å². The molecule has 2 rings (SSSR count). The Morgan fingerprint density at radius 1 is 0.970 bits per heavy atom. The molecule has 33 heavy (non-hydrogen) atoms. The fourth-order valence-corrected chi connectivity index (χ4v) is 4.70. The maximum absolute atomic E-state index is 12.5. The molecule has 1 saturated carbocycles. The van der Waals surface area contributed by atoms with Crippen LogP contribution in [0.2, 0.25) is 19.6 Å². The van der Waals surface area contributed by atoms with Gasteiger partial charge in [-0.25, -0.2) is 0 Å². The molecule has 2 aliphatic rings. The fraction of sp³-hybridized carbons (Fsp3) is 0.815. The van der Waals surface area contributed by atoms with Gasteiger partial charge in [0, 0.05) is 18.3 Å². The molecule has 4 nitrogen and oxygen atoms in total. The van der Waals surface area contributed by atoms with E-state index in [4.69, 9.17) is 14.9 Å². The molecule has 0 bridgehead atoms. The molecule has 0 spiro atoms. The smallest absolute Gasteiger partial charge is 0.539 e. The maximum atomic E-state index is 12.5. The predicted octanol–water partition coefficient (Wildman–Crippen LogP) is 6.57. The van der Waals surface area contributed by atoms with E-state index >= 15 is 0 Å². The third-order valence-corrected chi connectivity index (χ3v) is 5.92. The van der Waals surface area contributed by atoms with Crippen molar-refractivity contribution in [2.75, 3.05) is 0 Å². The molecule has 0 amide bonds. The molecule has 0 aromatic rings. The summed E-state index contributed by atoms with van der Waals surface area (Å²) in [4.78, 5) is 12.5. The van der Waals surface area contributed by atoms with Crippen LogP contribution in [0.3, 0.4) is 0 Å². The van der Waals surface area contributed by atoms with Crippen LogP contribution in [0.15, 0.2) is 11.1 Å². The first-order valence-electron chi connectivity index (χ1n) is 12.7. The standard InChI is InChI=1S/C21H34O2Si.2C3H8O.Ti/c1-5-6-7-8-12-15-18-19(16-24(2,3)4)21(22)23-20(18)17-13-10-9-11-14-17;2*1-3(2)4;/h17,20H,5-14H2,1-4H3;2*3-4H,1-2H3;/q-2;;;+2. The van der Waals surface area contributed by atoms with E-state index in [1.165, 1.54) is 51.4 Å². The van der Waals surface area contributed by atoms with E-state index in [-0.39, 0.29) is 46.0 Å². The van der Waals surface area contributed by atoms with Crippen LogP contribution < -0.4 is 0 Å². The van der Waals surface area contributed by atoms with Gasteiger partial charge in [-0.1, -0.05) is 71.5 Å². The average molecular weight is 515 g/mol. The van der Waals surface area contributed by atoms with Crippen LogP contribution in [0.25, 0.3) is 0 Å². The van der Waals surface area contributed by atoms with E-state index < -0.39 is 8.07 Å². The van der Waals surface area contributed by atoms with Crippen LogP contribution in [-0.4, -0.2) is 42.6 Å². The number of esters is 1. The molecule has 1 aliphatic carbocycles. The second-order valence-corrected chi connectivity index (χ2v) is 15.3. The summed E-state index contributed by atoms with van der Waals surface area (Å²) in [5.74, 6) is 0.339. The summed E-state index contributed by atoms with van der Waals surface area (Å²) in [7, 11) is -1.59. The van der Waals surface area contributed by atoms with Gasteiger partial charge in [-0.15, -0.1) is 6.42 Å². The fourth-order valence-electron chi connectivity index (χ4n) is 3.71. The summed E-state index contributed by atoms with van der Waals surface area (Å²) in [5.41, 5.74) is 5.29. The zero-order chi connectivity index (χ0) is 24.7. The number of cyclic esters (lactones) is 1. The number of ether oxygens (including phenoxy) is 1. The van der Waals surface area contributed by atoms with Crippen molar-refractivity contribution < 1.29 is 41.5 Å². The van der Waals surface area contributed by atoms with E-state index in [0.717, 1.165) is 24.0 Å². The summed E-state index contributed by atoms with van der Waals surface area (Å²) < 4.78 is 5.83. The van der Waals surface area contributed by atoms with Gasteiger partial charge >= 0.3 is 21.7 Å². The molecule has 1 heterocycles. The minimum Gasteiger partial charge on any atom is -0.539 e. The van der Waals surface area contributed by atoms with Gasteiger partial charge in [0.2, 0.25) is 0 Å². The van der Waals surface area contributed by atoms with Gasteiger partial charge in [-0.05, 0) is 54.5 Å². The second-order valence-electron chi connectivity index (χ2n) is 10.6. The Balaban J connectivity index is 0. The van der Waals surface area contributed by atoms with Crippen molar-refractivity contribution in [3.05, 3.63) is 22.9 Å². The molecule has 0 aromatic heterocycles. The first kappa shape index (κ1) is 35.0. The summed E-state index contributed by atoms with van der Waals surface area (Å²) in [6.07, 6.45) is 15.3. The molecule has 6 heteroatoms. The summed E-state index contributed by atoms with van der Waals surface area (Å²) in [6, 6.07) is 0. The van der Waals surface area contributed by atoms with Gasteiger partial charge in [-0.3, -0.25) is 16.8 Å². The topological polar surface area (TPSA) is 66.8 Å². The quantitative estimate of drug-likeness (QED) is 0.133. The number of hydrogen-bond acceptors (Lipinski definition) is 4. The van der Waals surface area contributed by atoms with Crippen LogP contribution in [0.5, 0.6) is 0 Å². The Kier molecular flexibility index (Phi) is 20.2. The monoisotopic (exact) mass is 514 g/mol. The number of hydrogen-bond donors (Lipinski definition) is 2. The minimum absolute atomic E-state index is 0. The molecular formula is C27H50O4SiTi. The van der Waals surface area contributed by atoms with Crippen molar-refractivity contribution in [1.82, 2.24) is 0 Å². The molecular weight excluding hydrogens is 464 g/mol. The number of carbonyl (C=O) groups is 1. The molecule has 2 fully saturated rings. The SMILES string of the molecule is CC(C)O.CC(C)O.CCCCCC[C-]=C1C(=[C-][Si](C)(C)C)C(=O)OC1C1CCCCC1.[Ti+2]. The molecule has 190 valence electrons. The largest absolute Gasteiger partial charge is 2.00 e. The van der Waals surface area contributed by atoms with Crippen molar-refractivity contribution in [1.29, 1.82) is 0 Å². The van der Waals surface area contributed by atoms with Crippen molar-refractivity contribution in [2.24, 2.45) is 5.92 Å². The van der Waals surface area contributed by atoms with E-state index in [1.807, 2.05) is 0 Å². The van der Waals surface area contributed by atoms with Crippen molar-refractivity contribution >= 4 is 14.0 Å². The minimum atomic E-state index is -1.59. The number of allylic oxidation sites excluding steroid dienone is 1. The second kappa shape index (κ2) is 19.0. The van der Waals surface area contributed by atoms with Gasteiger partial charge in [-0.2, -0.15) is 0 Å². The third kappa shape index (κ3) is 17.8. The molecule has 0 aromatic carbocycles. The molecule has 0 radical (unpaired) electrons. The Labute approximate surface area is 220 Å². The van der Waals surface area contributed by atoms with Gasteiger partial charge in [0.25, 0.3) is 0 Å². The number of unbranched alkanes of at least 4 members (excludes halogenated alkanes) is 4. The number of aliphatic hydroxyl groups excluding tert-OH is 2. The van der Waals surface area contributed by atoms with Crippen molar-refractivity contribution in [2.45, 2.75) is 137 Å². The van der Waals surface area contributed by atoms with E-state index in [1.54, 1.807) is 27.7 Å². The van der Waals surface area contributed by atoms with E-state index in [9.17, 15) is 4.79 Å². The first-order valence-corrected chi connectivity index (χ1v) is 16.2. The molecule has 2 N–H and O–H groups in total. The number of carbonyl (C=O) groups excluding carboxylic acids is 1. The Bertz CT molecular complexity index is 562. The Morgan fingerprint density at radius 3 is 1.94 bits per heavy atom. The maximum Gasteiger partial charge on any atom is 2.00 e. The van der Waals surface area contributed by atoms with Gasteiger partial charge in [0.15, 0.2) is 0 Å². The van der Waals surface area contributed by atoms with Crippen LogP contribution >= 0.6 is 0 Å². The zero-order valence-corrected chi connectivity index (χ0v) is 25.2. The van der Waals surface area contributed by atoms with E-state index in [2.05, 4.69) is 38.3 Å². The van der Waals surface area contributed by atoms with Gasteiger partial charge in [0.05, 0.1) is 0 Å². The number of aliphatic hydroxyl groups is 2. The molecule has 1 unspecified atom stereocenters. The van der Waals surface area contributed by atoms with Gasteiger partial charge < -0.3 is 25.8 Å². The summed E-state index contributed by atoms with van der Waals surface area (Å²) in [6.45, 7) is 15.8. The zero-order valence-electron chi connectivity index (χ0n) is 22.6. The molecule has 1 aliphatic heterocycles. The summed E-state index contributed by atoms with van der Waals surface area (Å²) >= 11 is 0. The first-order chi connectivity index (χ1) is 14.9. The molecule has 1 saturated heterocycles. The van der Waals surface area contributed by atoms with Crippen LogP contribution in [0, 0.1) is 17.7 Å². The normalized spacial score (nSPS) is 21.3. The van der Waals surface area contributed by atoms with E-state index in [0.29, 0.717) is 5.92 Å². The van der Waals surface area contributed by atoms with Crippen molar-refractivity contribution in [3.63, 3.8) is 0 Å². The molecule has 1 atom stereocenters. The predicted molar refractivity (Wildman–Crippen MR) is 137 cm³/mol. The van der Waals surface area contributed by atoms with Crippen molar-refractivity contribution in [3.8, 4) is 0 Å². The Hall–Kier alpha value is -0.199. The van der Waals surface area contributed by atoms with Gasteiger partial charge in [0.1, 0.15) is 5.97 Å². The average Bonchev–Trinajstić information content (AvgIpc) is 2.96. The Morgan fingerprint density at radius 2 is 1.48 bits per heavy atom. The summed E-state index contributed by atoms with van der Waals surface area (Å²) in [5, 5.41) is 16.1. The third-order valence-electron chi connectivity index (χ3n) is 4.92.